The van der Waals surface area contributed by atoms with Gasteiger partial charge >= 0.3 is 0 Å². The fraction of sp³-hybridized carbons (Fsp3) is 0.0952. The highest BCUT2D eigenvalue weighted by molar-refractivity contribution is 5.95. The van der Waals surface area contributed by atoms with Crippen LogP contribution in [0.4, 0.5) is 16.0 Å². The minimum atomic E-state index is -0.397. The standard InChI is InChI=1S/C21H16FN7/c1-12(27-21-16(10-23)20(24)25-11-26-21)19-18(13-5-3-2-4-6-13)15-9-14(22)7-8-17(15)28-29-19/h2-9,11-12H,1H3,(H3,24,25,26,27)/t12-/m1/s1. The molecule has 4 rings (SSSR count). The van der Waals surface area contributed by atoms with Crippen molar-refractivity contribution in [3.8, 4) is 17.2 Å². The minimum Gasteiger partial charge on any atom is -0.382 e. The Kier molecular flexibility index (Phi) is 4.71. The number of anilines is 2. The number of halogens is 1. The molecule has 0 spiro atoms. The van der Waals surface area contributed by atoms with Gasteiger partial charge in [0.2, 0.25) is 0 Å². The van der Waals surface area contributed by atoms with Gasteiger partial charge in [-0.05, 0) is 30.7 Å². The van der Waals surface area contributed by atoms with Gasteiger partial charge in [-0.1, -0.05) is 30.3 Å². The quantitative estimate of drug-likeness (QED) is 0.548. The highest BCUT2D eigenvalue weighted by atomic mass is 19.1. The Morgan fingerprint density at radius 1 is 1.10 bits per heavy atom. The Morgan fingerprint density at radius 2 is 1.90 bits per heavy atom. The number of aromatic nitrogens is 4. The smallest absolute Gasteiger partial charge is 0.150 e. The van der Waals surface area contributed by atoms with Gasteiger partial charge in [-0.2, -0.15) is 15.5 Å². The molecule has 0 aliphatic heterocycles. The molecule has 0 bridgehead atoms. The molecule has 2 aromatic carbocycles. The van der Waals surface area contributed by atoms with Crippen LogP contribution in [0.2, 0.25) is 0 Å². The third-order valence-corrected chi connectivity index (χ3v) is 4.56. The van der Waals surface area contributed by atoms with Crippen LogP contribution >= 0.6 is 0 Å². The summed E-state index contributed by atoms with van der Waals surface area (Å²) in [6, 6.07) is 15.6. The van der Waals surface area contributed by atoms with Crippen molar-refractivity contribution in [1.82, 2.24) is 20.2 Å². The highest BCUT2D eigenvalue weighted by Crippen LogP contribution is 2.34. The number of hydrogen-bond donors (Lipinski definition) is 2. The molecule has 8 heteroatoms. The molecule has 1 atom stereocenters. The van der Waals surface area contributed by atoms with E-state index < -0.39 is 6.04 Å². The van der Waals surface area contributed by atoms with Crippen molar-refractivity contribution in [3.63, 3.8) is 0 Å². The summed E-state index contributed by atoms with van der Waals surface area (Å²) in [6.45, 7) is 1.86. The third kappa shape index (κ3) is 3.41. The van der Waals surface area contributed by atoms with Crippen molar-refractivity contribution in [1.29, 1.82) is 5.26 Å². The number of nitrogens with two attached hydrogens (primary N) is 1. The Hall–Kier alpha value is -4.12. The lowest BCUT2D eigenvalue weighted by Crippen LogP contribution is -2.14. The topological polar surface area (TPSA) is 113 Å². The molecular formula is C21H16FN7. The van der Waals surface area contributed by atoms with Crippen LogP contribution in [-0.4, -0.2) is 20.2 Å². The van der Waals surface area contributed by atoms with E-state index in [0.29, 0.717) is 22.4 Å². The van der Waals surface area contributed by atoms with Gasteiger partial charge in [-0.3, -0.25) is 0 Å². The molecule has 0 amide bonds. The van der Waals surface area contributed by atoms with E-state index >= 15 is 0 Å². The lowest BCUT2D eigenvalue weighted by atomic mass is 9.96. The number of benzene rings is 2. The number of hydrogen-bond acceptors (Lipinski definition) is 7. The number of nitrogen functional groups attached to an aromatic ring is 1. The van der Waals surface area contributed by atoms with Crippen LogP contribution in [-0.2, 0) is 0 Å². The molecule has 0 radical (unpaired) electrons. The maximum Gasteiger partial charge on any atom is 0.150 e. The van der Waals surface area contributed by atoms with E-state index in [1.54, 1.807) is 6.07 Å². The summed E-state index contributed by atoms with van der Waals surface area (Å²) in [5, 5.41) is 21.8. The Labute approximate surface area is 166 Å². The summed E-state index contributed by atoms with van der Waals surface area (Å²) in [7, 11) is 0. The summed E-state index contributed by atoms with van der Waals surface area (Å²) in [6.07, 6.45) is 1.28. The molecule has 2 heterocycles. The molecule has 7 nitrogen and oxygen atoms in total. The predicted molar refractivity (Wildman–Crippen MR) is 108 cm³/mol. The second kappa shape index (κ2) is 7.48. The summed E-state index contributed by atoms with van der Waals surface area (Å²) < 4.78 is 14.0. The second-order valence-electron chi connectivity index (χ2n) is 6.45. The molecule has 142 valence electrons. The monoisotopic (exact) mass is 385 g/mol. The van der Waals surface area contributed by atoms with Gasteiger partial charge in [0.25, 0.3) is 0 Å². The van der Waals surface area contributed by atoms with Crippen molar-refractivity contribution in [2.45, 2.75) is 13.0 Å². The van der Waals surface area contributed by atoms with Crippen LogP contribution < -0.4 is 11.1 Å². The highest BCUT2D eigenvalue weighted by Gasteiger charge is 2.20. The minimum absolute atomic E-state index is 0.0900. The first-order valence-corrected chi connectivity index (χ1v) is 8.87. The van der Waals surface area contributed by atoms with Gasteiger partial charge in [0.05, 0.1) is 17.3 Å². The summed E-state index contributed by atoms with van der Waals surface area (Å²) in [4.78, 5) is 7.96. The molecule has 0 saturated carbocycles. The molecule has 3 N–H and O–H groups in total. The first kappa shape index (κ1) is 18.3. The van der Waals surface area contributed by atoms with Crippen molar-refractivity contribution in [2.24, 2.45) is 0 Å². The first-order chi connectivity index (χ1) is 14.1. The number of rotatable bonds is 4. The van der Waals surface area contributed by atoms with E-state index in [2.05, 4.69) is 25.5 Å². The lowest BCUT2D eigenvalue weighted by Gasteiger charge is -2.19. The van der Waals surface area contributed by atoms with Gasteiger partial charge in [-0.15, -0.1) is 0 Å². The zero-order valence-electron chi connectivity index (χ0n) is 15.5. The van der Waals surface area contributed by atoms with Crippen LogP contribution in [0.25, 0.3) is 22.0 Å². The summed E-state index contributed by atoms with van der Waals surface area (Å²) in [5.74, 6) is 0.0318. The normalized spacial score (nSPS) is 11.8. The maximum atomic E-state index is 14.0. The van der Waals surface area contributed by atoms with Crippen LogP contribution in [0.1, 0.15) is 24.2 Å². The van der Waals surface area contributed by atoms with Crippen molar-refractivity contribution >= 4 is 22.5 Å². The van der Waals surface area contributed by atoms with Gasteiger partial charge in [0.1, 0.15) is 35.4 Å². The molecule has 2 aromatic heterocycles. The van der Waals surface area contributed by atoms with Crippen LogP contribution in [0, 0.1) is 17.1 Å². The van der Waals surface area contributed by atoms with Crippen molar-refractivity contribution < 1.29 is 4.39 Å². The van der Waals surface area contributed by atoms with E-state index in [1.165, 1.54) is 18.5 Å². The van der Waals surface area contributed by atoms with E-state index in [1.807, 2.05) is 43.3 Å². The largest absolute Gasteiger partial charge is 0.382 e. The van der Waals surface area contributed by atoms with E-state index in [-0.39, 0.29) is 17.2 Å². The molecule has 29 heavy (non-hydrogen) atoms. The number of fused-ring (bicyclic) bond motifs is 1. The van der Waals surface area contributed by atoms with Gasteiger partial charge in [0.15, 0.2) is 0 Å². The molecule has 0 aliphatic carbocycles. The van der Waals surface area contributed by atoms with E-state index in [9.17, 15) is 9.65 Å². The Balaban J connectivity index is 1.88. The van der Waals surface area contributed by atoms with Crippen molar-refractivity contribution in [3.05, 3.63) is 71.9 Å². The zero-order chi connectivity index (χ0) is 20.4. The average molecular weight is 385 g/mol. The molecule has 4 aromatic rings. The molecule has 0 saturated heterocycles. The van der Waals surface area contributed by atoms with Crippen LogP contribution in [0.5, 0.6) is 0 Å². The maximum absolute atomic E-state index is 14.0. The van der Waals surface area contributed by atoms with Gasteiger partial charge in [-0.25, -0.2) is 14.4 Å². The number of nitriles is 1. The van der Waals surface area contributed by atoms with Crippen LogP contribution in [0.15, 0.2) is 54.9 Å². The lowest BCUT2D eigenvalue weighted by molar-refractivity contribution is 0.629. The molecule has 0 fully saturated rings. The SMILES string of the molecule is C[C@@H](Nc1ncnc(N)c1C#N)c1nnc2ccc(F)cc2c1-c1ccccc1. The third-order valence-electron chi connectivity index (χ3n) is 4.56. The second-order valence-corrected chi connectivity index (χ2v) is 6.45. The average Bonchev–Trinajstić information content (AvgIpc) is 2.73. The fourth-order valence-electron chi connectivity index (χ4n) is 3.20. The van der Waals surface area contributed by atoms with Gasteiger partial charge < -0.3 is 11.1 Å². The van der Waals surface area contributed by atoms with Crippen molar-refractivity contribution in [2.75, 3.05) is 11.1 Å². The first-order valence-electron chi connectivity index (χ1n) is 8.87. The zero-order valence-corrected chi connectivity index (χ0v) is 15.5. The summed E-state index contributed by atoms with van der Waals surface area (Å²) >= 11 is 0. The molecule has 0 aliphatic rings. The van der Waals surface area contributed by atoms with Crippen LogP contribution in [0.3, 0.4) is 0 Å². The number of nitrogens with zero attached hydrogens (tertiary/aromatic N) is 5. The van der Waals surface area contributed by atoms with E-state index in [4.69, 9.17) is 5.73 Å². The number of nitrogens with one attached hydrogen (secondary N) is 1. The predicted octanol–water partition coefficient (Wildman–Crippen LogP) is 3.85. The molecule has 0 unspecified atom stereocenters. The van der Waals surface area contributed by atoms with Gasteiger partial charge in [0, 0.05) is 10.9 Å². The molecular weight excluding hydrogens is 369 g/mol. The fourth-order valence-corrected chi connectivity index (χ4v) is 3.20. The Morgan fingerprint density at radius 3 is 2.66 bits per heavy atom. The Bertz CT molecular complexity index is 1240. The van der Waals surface area contributed by atoms with E-state index in [0.717, 1.165) is 11.1 Å². The summed E-state index contributed by atoms with van der Waals surface area (Å²) in [5.41, 5.74) is 8.75.